The maximum Gasteiger partial charge on any atom is 0.296 e. The zero-order valence-electron chi connectivity index (χ0n) is 19.6. The molecule has 0 fully saturated rings. The first-order valence-electron chi connectivity index (χ1n) is 11.4. The van der Waals surface area contributed by atoms with Gasteiger partial charge in [0.05, 0.1) is 21.8 Å². The van der Waals surface area contributed by atoms with E-state index in [0.717, 1.165) is 29.5 Å². The van der Waals surface area contributed by atoms with E-state index >= 15 is 0 Å². The third-order valence-electron chi connectivity index (χ3n) is 5.79. The summed E-state index contributed by atoms with van der Waals surface area (Å²) in [7, 11) is 0. The molecule has 0 saturated heterocycles. The second-order valence-corrected chi connectivity index (χ2v) is 9.38. The van der Waals surface area contributed by atoms with Gasteiger partial charge in [-0.15, -0.1) is 0 Å². The Morgan fingerprint density at radius 1 is 1.29 bits per heavy atom. The van der Waals surface area contributed by atoms with E-state index in [1.165, 1.54) is 6.92 Å². The lowest BCUT2D eigenvalue weighted by atomic mass is 9.89. The number of carbonyl (C=O) groups excluding carboxylic acids is 1. The largest absolute Gasteiger partial charge is 0.457 e. The van der Waals surface area contributed by atoms with Crippen molar-refractivity contribution in [1.82, 2.24) is 20.3 Å². The van der Waals surface area contributed by atoms with E-state index < -0.39 is 5.54 Å². The molecule has 1 amide bonds. The molecule has 0 bridgehead atoms. The summed E-state index contributed by atoms with van der Waals surface area (Å²) in [6.07, 6.45) is 8.06. The van der Waals surface area contributed by atoms with Gasteiger partial charge < -0.3 is 20.1 Å². The van der Waals surface area contributed by atoms with Gasteiger partial charge in [0.1, 0.15) is 6.10 Å². The van der Waals surface area contributed by atoms with E-state index in [9.17, 15) is 4.79 Å². The monoisotopic (exact) mass is 480 g/mol. The number of aryl methyl sites for hydroxylation is 1. The zero-order valence-corrected chi connectivity index (χ0v) is 20.3. The first kappa shape index (κ1) is 24.0. The summed E-state index contributed by atoms with van der Waals surface area (Å²) in [5, 5.41) is 12.5. The smallest absolute Gasteiger partial charge is 0.296 e. The van der Waals surface area contributed by atoms with Crippen molar-refractivity contribution in [1.29, 1.82) is 0 Å². The van der Waals surface area contributed by atoms with E-state index in [4.69, 9.17) is 21.4 Å². The number of H-pyrrole nitrogens is 1. The molecule has 1 aromatic carbocycles. The Morgan fingerprint density at radius 2 is 2.06 bits per heavy atom. The number of carbonyl (C=O) groups is 1. The quantitative estimate of drug-likeness (QED) is 0.432. The maximum atomic E-state index is 11.5. The van der Waals surface area contributed by atoms with Gasteiger partial charge in [-0.25, -0.2) is 4.98 Å². The van der Waals surface area contributed by atoms with Crippen molar-refractivity contribution in [3.63, 3.8) is 0 Å². The van der Waals surface area contributed by atoms with E-state index in [-0.39, 0.29) is 18.6 Å². The molecule has 0 aliphatic heterocycles. The van der Waals surface area contributed by atoms with Gasteiger partial charge in [0.25, 0.3) is 6.01 Å². The Morgan fingerprint density at radius 3 is 2.71 bits per heavy atom. The fourth-order valence-electron chi connectivity index (χ4n) is 4.07. The number of aromatic amines is 1. The summed E-state index contributed by atoms with van der Waals surface area (Å²) in [6.45, 7) is 5.64. The van der Waals surface area contributed by atoms with E-state index in [0.29, 0.717) is 34.3 Å². The van der Waals surface area contributed by atoms with Crippen molar-refractivity contribution in [2.75, 3.05) is 6.61 Å². The number of imidazole rings is 1. The minimum atomic E-state index is -0.444. The van der Waals surface area contributed by atoms with E-state index in [2.05, 4.69) is 26.3 Å². The lowest BCUT2D eigenvalue weighted by Gasteiger charge is -2.29. The average Bonchev–Trinajstić information content (AvgIpc) is 3.18. The Labute approximate surface area is 203 Å². The van der Waals surface area contributed by atoms with Crippen LogP contribution in [0, 0.1) is 0 Å². The number of ether oxygens (including phenoxy) is 1. The van der Waals surface area contributed by atoms with Crippen LogP contribution in [0.5, 0.6) is 6.01 Å². The number of amides is 1. The van der Waals surface area contributed by atoms with Gasteiger partial charge in [0.2, 0.25) is 5.91 Å². The molecule has 3 N–H and O–H groups in total. The fraction of sp³-hybridized carbons (Fsp3) is 0.346. The molecule has 7 nitrogen and oxygen atoms in total. The van der Waals surface area contributed by atoms with Crippen LogP contribution in [0.15, 0.2) is 54.1 Å². The molecule has 0 radical (unpaired) electrons. The lowest BCUT2D eigenvalue weighted by Crippen LogP contribution is -2.44. The third-order valence-corrected chi connectivity index (χ3v) is 6.08. The fourth-order valence-corrected chi connectivity index (χ4v) is 4.33. The number of rotatable bonds is 8. The van der Waals surface area contributed by atoms with Crippen LogP contribution in [-0.4, -0.2) is 44.2 Å². The first-order valence-corrected chi connectivity index (χ1v) is 11.7. The second kappa shape index (κ2) is 9.99. The molecular formula is C26H29ClN4O3. The Bertz CT molecular complexity index is 1240. The van der Waals surface area contributed by atoms with Gasteiger partial charge in [-0.2, -0.15) is 4.98 Å². The first-order chi connectivity index (χ1) is 16.2. The highest BCUT2D eigenvalue weighted by atomic mass is 35.5. The Balaban J connectivity index is 1.47. The number of benzene rings is 1. The van der Waals surface area contributed by atoms with Crippen LogP contribution in [0.4, 0.5) is 0 Å². The van der Waals surface area contributed by atoms with Crippen LogP contribution in [0.2, 0.25) is 5.02 Å². The van der Waals surface area contributed by atoms with Crippen molar-refractivity contribution in [2.24, 2.45) is 0 Å². The molecular weight excluding hydrogens is 452 g/mol. The predicted molar refractivity (Wildman–Crippen MR) is 134 cm³/mol. The summed E-state index contributed by atoms with van der Waals surface area (Å²) >= 11 is 6.52. The number of nitrogens with one attached hydrogen (secondary N) is 2. The number of hydrogen-bond acceptors (Lipinski definition) is 5. The predicted octanol–water partition coefficient (Wildman–Crippen LogP) is 4.75. The molecule has 178 valence electrons. The molecule has 1 atom stereocenters. The summed E-state index contributed by atoms with van der Waals surface area (Å²) < 4.78 is 6.03. The summed E-state index contributed by atoms with van der Waals surface area (Å²) in [4.78, 5) is 23.8. The Kier molecular flexibility index (Phi) is 7.05. The van der Waals surface area contributed by atoms with Gasteiger partial charge in [-0.1, -0.05) is 48.0 Å². The summed E-state index contributed by atoms with van der Waals surface area (Å²) in [6, 6.07) is 10.2. The molecule has 34 heavy (non-hydrogen) atoms. The minimum Gasteiger partial charge on any atom is -0.457 e. The van der Waals surface area contributed by atoms with Gasteiger partial charge >= 0.3 is 0 Å². The molecule has 3 aromatic rings. The summed E-state index contributed by atoms with van der Waals surface area (Å²) in [5.74, 6) is -0.0666. The van der Waals surface area contributed by atoms with Gasteiger partial charge in [-0.05, 0) is 50.0 Å². The van der Waals surface area contributed by atoms with Crippen molar-refractivity contribution < 1.29 is 14.6 Å². The van der Waals surface area contributed by atoms with Crippen LogP contribution < -0.4 is 10.1 Å². The van der Waals surface area contributed by atoms with Gasteiger partial charge in [0, 0.05) is 25.5 Å². The third kappa shape index (κ3) is 5.48. The second-order valence-electron chi connectivity index (χ2n) is 8.97. The van der Waals surface area contributed by atoms with Crippen LogP contribution in [0.3, 0.4) is 0 Å². The highest BCUT2D eigenvalue weighted by Crippen LogP contribution is 2.30. The van der Waals surface area contributed by atoms with Crippen molar-refractivity contribution >= 4 is 28.7 Å². The standard InChI is InChI=1S/C26H29ClN4O3/c1-16(33)31-26(2,3)19-10-12-20(13-11-19)34-25-28-22-15-21(27)23(29-24(22)30-25)18-8-6-17(7-9-18)5-4-14-32/h6-12,15,20,32H,4-5,13-14H2,1-3H3,(H,31,33)(H,28,29,30). The molecule has 8 heteroatoms. The lowest BCUT2D eigenvalue weighted by molar-refractivity contribution is -0.120. The van der Waals surface area contributed by atoms with Gasteiger partial charge in [0.15, 0.2) is 5.65 Å². The molecule has 1 aliphatic rings. The Hall–Kier alpha value is -3.16. The number of pyridine rings is 1. The van der Waals surface area contributed by atoms with E-state index in [1.807, 2.05) is 56.3 Å². The number of fused-ring (bicyclic) bond motifs is 1. The molecule has 2 heterocycles. The van der Waals surface area contributed by atoms with Crippen molar-refractivity contribution in [3.05, 3.63) is 64.7 Å². The minimum absolute atomic E-state index is 0.0666. The number of aromatic nitrogens is 3. The molecule has 0 saturated carbocycles. The molecule has 2 aromatic heterocycles. The normalized spacial score (nSPS) is 15.9. The average molecular weight is 481 g/mol. The van der Waals surface area contributed by atoms with Crippen LogP contribution in [0.1, 0.15) is 39.2 Å². The van der Waals surface area contributed by atoms with Crippen LogP contribution in [0.25, 0.3) is 22.4 Å². The van der Waals surface area contributed by atoms with Crippen LogP contribution >= 0.6 is 11.6 Å². The zero-order chi connectivity index (χ0) is 24.3. The van der Waals surface area contributed by atoms with Gasteiger partial charge in [-0.3, -0.25) is 4.79 Å². The van der Waals surface area contributed by atoms with Crippen molar-refractivity contribution in [2.45, 2.75) is 51.7 Å². The SMILES string of the molecule is CC(=O)NC(C)(C)C1=CCC(Oc2nc3nc(-c4ccc(CCCO)cc4)c(Cl)cc3[nH]2)C=C1. The maximum absolute atomic E-state index is 11.5. The number of hydrogen-bond donors (Lipinski definition) is 3. The molecule has 4 rings (SSSR count). The summed E-state index contributed by atoms with van der Waals surface area (Å²) in [5.41, 5.74) is 4.54. The van der Waals surface area contributed by atoms with Crippen LogP contribution in [-0.2, 0) is 11.2 Å². The molecule has 0 spiro atoms. The highest BCUT2D eigenvalue weighted by molar-refractivity contribution is 6.33. The number of aliphatic hydroxyl groups excluding tert-OH is 1. The molecule has 1 aliphatic carbocycles. The van der Waals surface area contributed by atoms with Crippen molar-refractivity contribution in [3.8, 4) is 17.3 Å². The molecule has 1 unspecified atom stereocenters. The number of aliphatic hydroxyl groups is 1. The highest BCUT2D eigenvalue weighted by Gasteiger charge is 2.25. The number of nitrogens with zero attached hydrogens (tertiary/aromatic N) is 2. The topological polar surface area (TPSA) is 100 Å². The number of halogens is 1. The van der Waals surface area contributed by atoms with E-state index in [1.54, 1.807) is 0 Å².